The number of halogens is 2. The van der Waals surface area contributed by atoms with Crippen LogP contribution in [0.15, 0.2) is 82.2 Å². The zero-order chi connectivity index (χ0) is 29.3. The first-order valence-corrected chi connectivity index (χ1v) is 15.4. The Balaban J connectivity index is 1.99. The van der Waals surface area contributed by atoms with Crippen molar-refractivity contribution in [3.63, 3.8) is 0 Å². The van der Waals surface area contributed by atoms with Gasteiger partial charge >= 0.3 is 0 Å². The van der Waals surface area contributed by atoms with Crippen molar-refractivity contribution in [2.24, 2.45) is 0 Å². The molecule has 0 bridgehead atoms. The molecule has 3 aromatic rings. The number of methoxy groups -OCH3 is 1. The summed E-state index contributed by atoms with van der Waals surface area (Å²) in [6.07, 6.45) is 1.72. The van der Waals surface area contributed by atoms with E-state index in [0.29, 0.717) is 17.3 Å². The summed E-state index contributed by atoms with van der Waals surface area (Å²) in [7, 11) is -2.69. The van der Waals surface area contributed by atoms with Crippen molar-refractivity contribution in [2.75, 3.05) is 24.5 Å². The quantitative estimate of drug-likeness (QED) is 0.242. The number of ether oxygens (including phenoxy) is 1. The summed E-state index contributed by atoms with van der Waals surface area (Å²) in [6.45, 7) is 3.74. The molecule has 0 aliphatic heterocycles. The lowest BCUT2D eigenvalue weighted by molar-refractivity contribution is -0.139. The largest absolute Gasteiger partial charge is 0.497 e. The normalized spacial score (nSPS) is 11.9. The fourth-order valence-corrected chi connectivity index (χ4v) is 5.72. The number of nitrogens with zero attached hydrogens (tertiary/aromatic N) is 2. The summed E-state index contributed by atoms with van der Waals surface area (Å²) in [4.78, 5) is 28.3. The smallest absolute Gasteiger partial charge is 0.264 e. The summed E-state index contributed by atoms with van der Waals surface area (Å²) in [5.41, 5.74) is 1.05. The fraction of sp³-hybridized carbons (Fsp3) is 0.310. The first-order valence-electron chi connectivity index (χ1n) is 12.8. The minimum Gasteiger partial charge on any atom is -0.497 e. The third-order valence-corrected chi connectivity index (χ3v) is 8.87. The highest BCUT2D eigenvalue weighted by Crippen LogP contribution is 2.27. The molecular formula is C29H33BrClN3O5S. The van der Waals surface area contributed by atoms with Gasteiger partial charge in [0.25, 0.3) is 10.0 Å². The Morgan fingerprint density at radius 3 is 2.20 bits per heavy atom. The SMILES string of the molecule is CCCCNC(=O)C(C)N(Cc1ccc(Br)cc1)C(=O)CN(c1ccc(Cl)cc1)S(=O)(=O)c1ccc(OC)cc1. The molecule has 0 saturated heterocycles. The number of carbonyl (C=O) groups is 2. The second kappa shape index (κ2) is 14.5. The maximum Gasteiger partial charge on any atom is 0.264 e. The van der Waals surface area contributed by atoms with Crippen LogP contribution in [-0.4, -0.2) is 51.4 Å². The average Bonchev–Trinajstić information content (AvgIpc) is 2.95. The van der Waals surface area contributed by atoms with Crippen LogP contribution >= 0.6 is 27.5 Å². The highest BCUT2D eigenvalue weighted by atomic mass is 79.9. The van der Waals surface area contributed by atoms with Gasteiger partial charge in [-0.25, -0.2) is 8.42 Å². The number of anilines is 1. The number of rotatable bonds is 13. The van der Waals surface area contributed by atoms with Crippen molar-refractivity contribution in [2.45, 2.75) is 44.2 Å². The molecule has 8 nitrogen and oxygen atoms in total. The van der Waals surface area contributed by atoms with Crippen LogP contribution in [-0.2, 0) is 26.2 Å². The maximum absolute atomic E-state index is 13.9. The summed E-state index contributed by atoms with van der Waals surface area (Å²) in [5.74, 6) is -0.347. The van der Waals surface area contributed by atoms with Gasteiger partial charge < -0.3 is 15.0 Å². The molecule has 3 rings (SSSR count). The number of unbranched alkanes of at least 4 members (excludes halogenated alkanes) is 1. The first kappa shape index (κ1) is 31.4. The van der Waals surface area contributed by atoms with Gasteiger partial charge in [0.2, 0.25) is 11.8 Å². The van der Waals surface area contributed by atoms with Gasteiger partial charge in [-0.15, -0.1) is 0 Å². The molecule has 0 aromatic heterocycles. The molecule has 0 aliphatic carbocycles. The molecule has 1 unspecified atom stereocenters. The minimum atomic E-state index is -4.18. The number of benzene rings is 3. The second-order valence-electron chi connectivity index (χ2n) is 9.13. The Morgan fingerprint density at radius 1 is 1.00 bits per heavy atom. The van der Waals surface area contributed by atoms with Crippen LogP contribution in [0.4, 0.5) is 5.69 Å². The van der Waals surface area contributed by atoms with Crippen LogP contribution in [0.5, 0.6) is 5.75 Å². The van der Waals surface area contributed by atoms with E-state index in [-0.39, 0.29) is 23.0 Å². The zero-order valence-corrected chi connectivity index (χ0v) is 25.8. The number of hydrogen-bond acceptors (Lipinski definition) is 5. The van der Waals surface area contributed by atoms with Crippen molar-refractivity contribution in [1.82, 2.24) is 10.2 Å². The Bertz CT molecular complexity index is 1380. The van der Waals surface area contributed by atoms with Gasteiger partial charge in [0, 0.05) is 22.6 Å². The molecule has 0 saturated carbocycles. The van der Waals surface area contributed by atoms with E-state index < -0.39 is 28.5 Å². The number of nitrogens with one attached hydrogen (secondary N) is 1. The fourth-order valence-electron chi connectivity index (χ4n) is 3.92. The lowest BCUT2D eigenvalue weighted by atomic mass is 10.1. The summed E-state index contributed by atoms with van der Waals surface area (Å²) in [6, 6.07) is 18.6. The molecule has 11 heteroatoms. The van der Waals surface area contributed by atoms with Crippen LogP contribution < -0.4 is 14.4 Å². The molecule has 3 aromatic carbocycles. The third-order valence-electron chi connectivity index (χ3n) is 6.30. The van der Waals surface area contributed by atoms with Crippen molar-refractivity contribution in [3.05, 3.63) is 87.9 Å². The van der Waals surface area contributed by atoms with E-state index in [1.807, 2.05) is 31.2 Å². The molecule has 1 atom stereocenters. The number of sulfonamides is 1. The van der Waals surface area contributed by atoms with Crippen LogP contribution in [0.1, 0.15) is 32.3 Å². The van der Waals surface area contributed by atoms with Crippen LogP contribution in [0, 0.1) is 0 Å². The Hall–Kier alpha value is -3.08. The summed E-state index contributed by atoms with van der Waals surface area (Å²) in [5, 5.41) is 3.30. The van der Waals surface area contributed by atoms with E-state index in [4.69, 9.17) is 16.3 Å². The zero-order valence-electron chi connectivity index (χ0n) is 22.6. The Morgan fingerprint density at radius 2 is 1.62 bits per heavy atom. The van der Waals surface area contributed by atoms with Gasteiger partial charge in [-0.2, -0.15) is 0 Å². The Labute approximate surface area is 249 Å². The molecule has 0 radical (unpaired) electrons. The standard InChI is InChI=1S/C29H33BrClN3O5S/c1-4-5-18-32-29(36)21(2)33(19-22-6-8-23(30)9-7-22)28(35)20-34(25-12-10-24(31)11-13-25)40(37,38)27-16-14-26(39-3)15-17-27/h6-17,21H,4-5,18-20H2,1-3H3,(H,32,36). The lowest BCUT2D eigenvalue weighted by Crippen LogP contribution is -2.51. The summed E-state index contributed by atoms with van der Waals surface area (Å²) < 4.78 is 34.8. The van der Waals surface area contributed by atoms with Gasteiger partial charge in [-0.3, -0.25) is 13.9 Å². The van der Waals surface area contributed by atoms with E-state index in [1.165, 1.54) is 48.4 Å². The second-order valence-corrected chi connectivity index (χ2v) is 12.3. The molecule has 0 aliphatic rings. The van der Waals surface area contributed by atoms with Gasteiger partial charge in [-0.05, 0) is 79.6 Å². The van der Waals surface area contributed by atoms with Crippen LogP contribution in [0.2, 0.25) is 5.02 Å². The van der Waals surface area contributed by atoms with E-state index >= 15 is 0 Å². The topological polar surface area (TPSA) is 96.0 Å². The van der Waals surface area contributed by atoms with Gasteiger partial charge in [0.1, 0.15) is 18.3 Å². The summed E-state index contributed by atoms with van der Waals surface area (Å²) >= 11 is 9.47. The van der Waals surface area contributed by atoms with E-state index in [0.717, 1.165) is 27.2 Å². The van der Waals surface area contributed by atoms with Crippen molar-refractivity contribution in [1.29, 1.82) is 0 Å². The molecular weight excluding hydrogens is 618 g/mol. The molecule has 214 valence electrons. The maximum atomic E-state index is 13.9. The number of hydrogen-bond donors (Lipinski definition) is 1. The molecule has 0 fully saturated rings. The first-order chi connectivity index (χ1) is 19.1. The molecule has 0 heterocycles. The van der Waals surface area contributed by atoms with Gasteiger partial charge in [-0.1, -0.05) is 53.0 Å². The molecule has 0 spiro atoms. The Kier molecular flexibility index (Phi) is 11.4. The third kappa shape index (κ3) is 8.22. The molecule has 40 heavy (non-hydrogen) atoms. The van der Waals surface area contributed by atoms with E-state index in [2.05, 4.69) is 21.2 Å². The lowest BCUT2D eigenvalue weighted by Gasteiger charge is -2.32. The highest BCUT2D eigenvalue weighted by Gasteiger charge is 2.32. The van der Waals surface area contributed by atoms with Gasteiger partial charge in [0.05, 0.1) is 17.7 Å². The minimum absolute atomic E-state index is 0.0131. The van der Waals surface area contributed by atoms with Crippen molar-refractivity contribution >= 4 is 55.1 Å². The van der Waals surface area contributed by atoms with Crippen LogP contribution in [0.3, 0.4) is 0 Å². The monoisotopic (exact) mass is 649 g/mol. The average molecular weight is 651 g/mol. The van der Waals surface area contributed by atoms with E-state index in [9.17, 15) is 18.0 Å². The molecule has 2 amide bonds. The van der Waals surface area contributed by atoms with Gasteiger partial charge in [0.15, 0.2) is 0 Å². The van der Waals surface area contributed by atoms with Crippen molar-refractivity contribution < 1.29 is 22.7 Å². The number of carbonyl (C=O) groups excluding carboxylic acids is 2. The predicted molar refractivity (Wildman–Crippen MR) is 161 cm³/mol. The number of amides is 2. The molecule has 1 N–H and O–H groups in total. The highest BCUT2D eigenvalue weighted by molar-refractivity contribution is 9.10. The van der Waals surface area contributed by atoms with E-state index in [1.54, 1.807) is 19.1 Å². The van der Waals surface area contributed by atoms with Crippen LogP contribution in [0.25, 0.3) is 0 Å². The predicted octanol–water partition coefficient (Wildman–Crippen LogP) is 5.64. The van der Waals surface area contributed by atoms with Crippen molar-refractivity contribution in [3.8, 4) is 5.75 Å².